The Morgan fingerprint density at radius 2 is 2.46 bits per heavy atom. The van der Waals surface area contributed by atoms with Crippen LogP contribution in [0.25, 0.3) is 0 Å². The van der Waals surface area contributed by atoms with Crippen LogP contribution in [0.4, 0.5) is 0 Å². The number of hydrogen-bond donors (Lipinski definition) is 2. The van der Waals surface area contributed by atoms with Gasteiger partial charge in [0.2, 0.25) is 5.91 Å². The van der Waals surface area contributed by atoms with E-state index in [9.17, 15) is 9.90 Å². The molecule has 1 aromatic rings. The van der Waals surface area contributed by atoms with Crippen LogP contribution in [0.5, 0.6) is 0 Å². The van der Waals surface area contributed by atoms with Crippen molar-refractivity contribution in [2.75, 3.05) is 0 Å². The van der Waals surface area contributed by atoms with Crippen LogP contribution in [-0.2, 0) is 4.79 Å². The fourth-order valence-corrected chi connectivity index (χ4v) is 1.46. The minimum absolute atomic E-state index is 0.0869. The van der Waals surface area contributed by atoms with Gasteiger partial charge in [-0.1, -0.05) is 6.07 Å². The highest BCUT2D eigenvalue weighted by atomic mass is 16.3. The lowest BCUT2D eigenvalue weighted by atomic mass is 10.1. The van der Waals surface area contributed by atoms with E-state index in [1.807, 2.05) is 12.1 Å². The minimum Gasteiger partial charge on any atom is -0.383 e. The lowest BCUT2D eigenvalue weighted by molar-refractivity contribution is -0.126. The van der Waals surface area contributed by atoms with Crippen molar-refractivity contribution in [2.45, 2.75) is 18.6 Å². The van der Waals surface area contributed by atoms with Crippen LogP contribution < -0.4 is 5.32 Å². The molecule has 0 radical (unpaired) electrons. The molecule has 0 saturated carbocycles. The number of aliphatic hydroxyl groups excluding tert-OH is 1. The number of hydrogen-bond acceptors (Lipinski definition) is 3. The monoisotopic (exact) mass is 178 g/mol. The van der Waals surface area contributed by atoms with Crippen LogP contribution in [0.2, 0.25) is 0 Å². The van der Waals surface area contributed by atoms with Crippen LogP contribution in [-0.4, -0.2) is 22.1 Å². The van der Waals surface area contributed by atoms with Gasteiger partial charge in [0.05, 0.1) is 6.04 Å². The molecule has 1 saturated heterocycles. The molecule has 1 aromatic heterocycles. The first-order valence-corrected chi connectivity index (χ1v) is 4.16. The van der Waals surface area contributed by atoms with Crippen molar-refractivity contribution < 1.29 is 9.90 Å². The number of carbonyl (C=O) groups excluding carboxylic acids is 1. The molecule has 0 spiro atoms. The zero-order valence-corrected chi connectivity index (χ0v) is 6.97. The second-order valence-corrected chi connectivity index (χ2v) is 3.10. The molecule has 1 fully saturated rings. The van der Waals surface area contributed by atoms with E-state index in [0.717, 1.165) is 5.56 Å². The van der Waals surface area contributed by atoms with Crippen LogP contribution in [0.1, 0.15) is 18.0 Å². The summed E-state index contributed by atoms with van der Waals surface area (Å²) in [5.74, 6) is -0.297. The molecular formula is C9H10N2O2. The number of nitrogens with zero attached hydrogens (tertiary/aromatic N) is 1. The maximum absolute atomic E-state index is 11.0. The second kappa shape index (κ2) is 3.14. The summed E-state index contributed by atoms with van der Waals surface area (Å²) in [4.78, 5) is 14.9. The Labute approximate surface area is 75.6 Å². The van der Waals surface area contributed by atoms with E-state index in [4.69, 9.17) is 0 Å². The molecule has 2 unspecified atom stereocenters. The fraction of sp³-hybridized carbons (Fsp3) is 0.333. The van der Waals surface area contributed by atoms with E-state index in [2.05, 4.69) is 10.3 Å². The molecule has 68 valence electrons. The number of nitrogens with one attached hydrogen (secondary N) is 1. The predicted octanol–water partition coefficient (Wildman–Crippen LogP) is 0.00350. The van der Waals surface area contributed by atoms with Crippen LogP contribution >= 0.6 is 0 Å². The first-order chi connectivity index (χ1) is 6.27. The molecular weight excluding hydrogens is 168 g/mol. The molecule has 0 bridgehead atoms. The van der Waals surface area contributed by atoms with Crippen molar-refractivity contribution in [3.05, 3.63) is 30.1 Å². The van der Waals surface area contributed by atoms with E-state index < -0.39 is 6.10 Å². The quantitative estimate of drug-likeness (QED) is 0.636. The van der Waals surface area contributed by atoms with Crippen LogP contribution in [0, 0.1) is 0 Å². The van der Waals surface area contributed by atoms with Gasteiger partial charge in [0.25, 0.3) is 0 Å². The zero-order chi connectivity index (χ0) is 9.26. The summed E-state index contributed by atoms with van der Waals surface area (Å²) in [5, 5.41) is 11.9. The van der Waals surface area contributed by atoms with Crippen molar-refractivity contribution in [3.63, 3.8) is 0 Å². The van der Waals surface area contributed by atoms with Gasteiger partial charge in [0.1, 0.15) is 6.10 Å². The molecule has 4 nitrogen and oxygen atoms in total. The van der Waals surface area contributed by atoms with E-state index >= 15 is 0 Å². The first kappa shape index (κ1) is 8.19. The lowest BCUT2D eigenvalue weighted by Crippen LogP contribution is -2.23. The average Bonchev–Trinajstić information content (AvgIpc) is 2.49. The molecule has 1 amide bonds. The Hall–Kier alpha value is -1.42. The number of amides is 1. The van der Waals surface area contributed by atoms with E-state index in [1.165, 1.54) is 0 Å². The van der Waals surface area contributed by atoms with Gasteiger partial charge in [0.15, 0.2) is 0 Å². The number of aliphatic hydroxyl groups is 1. The van der Waals surface area contributed by atoms with Gasteiger partial charge >= 0.3 is 0 Å². The molecule has 0 aromatic carbocycles. The Bertz CT molecular complexity index is 313. The third-order valence-corrected chi connectivity index (χ3v) is 2.16. The molecule has 1 aliphatic heterocycles. The highest BCUT2D eigenvalue weighted by Crippen LogP contribution is 2.22. The summed E-state index contributed by atoms with van der Waals surface area (Å²) < 4.78 is 0. The Balaban J connectivity index is 2.17. The van der Waals surface area contributed by atoms with Crippen LogP contribution in [0.15, 0.2) is 24.5 Å². The summed E-state index contributed by atoms with van der Waals surface area (Å²) in [6.45, 7) is 0. The molecule has 0 aliphatic carbocycles. The van der Waals surface area contributed by atoms with Crippen LogP contribution in [0.3, 0.4) is 0 Å². The van der Waals surface area contributed by atoms with Crippen molar-refractivity contribution in [1.29, 1.82) is 0 Å². The minimum atomic E-state index is -0.870. The van der Waals surface area contributed by atoms with Gasteiger partial charge in [-0.05, 0) is 11.6 Å². The maximum atomic E-state index is 11.0. The van der Waals surface area contributed by atoms with E-state index in [-0.39, 0.29) is 11.9 Å². The van der Waals surface area contributed by atoms with Crippen molar-refractivity contribution >= 4 is 5.91 Å². The highest BCUT2D eigenvalue weighted by molar-refractivity contribution is 5.83. The fourth-order valence-electron chi connectivity index (χ4n) is 1.46. The largest absolute Gasteiger partial charge is 0.383 e. The predicted molar refractivity (Wildman–Crippen MR) is 45.7 cm³/mol. The Kier molecular flexibility index (Phi) is 1.98. The third kappa shape index (κ3) is 1.53. The SMILES string of the molecule is O=C1NC(c2cccnc2)CC1O. The van der Waals surface area contributed by atoms with Gasteiger partial charge in [-0.15, -0.1) is 0 Å². The lowest BCUT2D eigenvalue weighted by Gasteiger charge is -2.07. The normalized spacial score (nSPS) is 27.3. The smallest absolute Gasteiger partial charge is 0.249 e. The molecule has 2 atom stereocenters. The summed E-state index contributed by atoms with van der Waals surface area (Å²) >= 11 is 0. The molecule has 4 heteroatoms. The molecule has 2 N–H and O–H groups in total. The number of carbonyl (C=O) groups is 1. The van der Waals surface area contributed by atoms with Crippen molar-refractivity contribution in [2.24, 2.45) is 0 Å². The van der Waals surface area contributed by atoms with Gasteiger partial charge in [-0.3, -0.25) is 9.78 Å². The van der Waals surface area contributed by atoms with Gasteiger partial charge in [0, 0.05) is 18.8 Å². The summed E-state index contributed by atoms with van der Waals surface area (Å²) in [6, 6.07) is 3.61. The average molecular weight is 178 g/mol. The molecule has 1 aliphatic rings. The molecule has 2 heterocycles. The van der Waals surface area contributed by atoms with E-state index in [0.29, 0.717) is 6.42 Å². The maximum Gasteiger partial charge on any atom is 0.249 e. The van der Waals surface area contributed by atoms with Crippen molar-refractivity contribution in [3.8, 4) is 0 Å². The first-order valence-electron chi connectivity index (χ1n) is 4.16. The summed E-state index contributed by atoms with van der Waals surface area (Å²) in [6.07, 6.45) is 2.94. The van der Waals surface area contributed by atoms with Crippen molar-refractivity contribution in [1.82, 2.24) is 10.3 Å². The topological polar surface area (TPSA) is 62.2 Å². The zero-order valence-electron chi connectivity index (χ0n) is 6.97. The highest BCUT2D eigenvalue weighted by Gasteiger charge is 2.30. The number of aromatic nitrogens is 1. The number of pyridine rings is 1. The molecule has 2 rings (SSSR count). The van der Waals surface area contributed by atoms with Gasteiger partial charge in [-0.25, -0.2) is 0 Å². The molecule has 13 heavy (non-hydrogen) atoms. The van der Waals surface area contributed by atoms with E-state index in [1.54, 1.807) is 12.4 Å². The third-order valence-electron chi connectivity index (χ3n) is 2.16. The Morgan fingerprint density at radius 1 is 1.62 bits per heavy atom. The second-order valence-electron chi connectivity index (χ2n) is 3.10. The Morgan fingerprint density at radius 3 is 3.00 bits per heavy atom. The van der Waals surface area contributed by atoms with Gasteiger partial charge < -0.3 is 10.4 Å². The standard InChI is InChI=1S/C9H10N2O2/c12-8-4-7(11-9(8)13)6-2-1-3-10-5-6/h1-3,5,7-8,12H,4H2,(H,11,13). The summed E-state index contributed by atoms with van der Waals surface area (Å²) in [5.41, 5.74) is 0.937. The number of rotatable bonds is 1. The summed E-state index contributed by atoms with van der Waals surface area (Å²) in [7, 11) is 0. The van der Waals surface area contributed by atoms with Gasteiger partial charge in [-0.2, -0.15) is 0 Å².